The Labute approximate surface area is 171 Å². The highest BCUT2D eigenvalue weighted by Crippen LogP contribution is 2.22. The van der Waals surface area contributed by atoms with Crippen LogP contribution in [0, 0.1) is 13.8 Å². The fraction of sp³-hybridized carbons (Fsp3) is 0.348. The van der Waals surface area contributed by atoms with Crippen molar-refractivity contribution >= 4 is 11.6 Å². The number of carbonyl (C=O) groups is 1. The van der Waals surface area contributed by atoms with E-state index in [-0.39, 0.29) is 11.9 Å². The number of nitrogens with one attached hydrogen (secondary N) is 1. The molecule has 1 aromatic carbocycles. The minimum absolute atomic E-state index is 0.0551. The molecule has 1 atom stereocenters. The third-order valence-corrected chi connectivity index (χ3v) is 5.40. The lowest BCUT2D eigenvalue weighted by Crippen LogP contribution is -2.46. The van der Waals surface area contributed by atoms with E-state index in [0.717, 1.165) is 54.3 Å². The van der Waals surface area contributed by atoms with Crippen molar-refractivity contribution in [2.45, 2.75) is 45.7 Å². The highest BCUT2D eigenvalue weighted by Gasteiger charge is 2.29. The normalized spacial score (nSPS) is 17.2. The molecule has 150 valence electrons. The predicted octanol–water partition coefficient (Wildman–Crippen LogP) is 3.88. The lowest BCUT2D eigenvalue weighted by Gasteiger charge is -2.34. The quantitative estimate of drug-likeness (QED) is 0.719. The molecule has 0 aliphatic carbocycles. The smallest absolute Gasteiger partial charge is 0.241 e. The lowest BCUT2D eigenvalue weighted by atomic mass is 10.0. The highest BCUT2D eigenvalue weighted by atomic mass is 16.2. The van der Waals surface area contributed by atoms with Crippen molar-refractivity contribution in [2.75, 3.05) is 11.9 Å². The Morgan fingerprint density at radius 3 is 2.66 bits per heavy atom. The topological polar surface area (TPSA) is 63.1 Å². The van der Waals surface area contributed by atoms with E-state index in [1.54, 1.807) is 6.20 Å². The van der Waals surface area contributed by atoms with Gasteiger partial charge in [0.2, 0.25) is 5.91 Å². The average Bonchev–Trinajstić information content (AvgIpc) is 3.08. The molecule has 0 saturated carbocycles. The summed E-state index contributed by atoms with van der Waals surface area (Å²) in [7, 11) is 0. The molecule has 1 N–H and O–H groups in total. The Morgan fingerprint density at radius 2 is 1.97 bits per heavy atom. The van der Waals surface area contributed by atoms with Gasteiger partial charge in [-0.3, -0.25) is 14.7 Å². The number of benzene rings is 1. The van der Waals surface area contributed by atoms with Crippen molar-refractivity contribution in [1.29, 1.82) is 0 Å². The monoisotopic (exact) mass is 389 g/mol. The van der Waals surface area contributed by atoms with E-state index >= 15 is 0 Å². The molecule has 4 rings (SSSR count). The van der Waals surface area contributed by atoms with Crippen LogP contribution in [0.15, 0.2) is 54.7 Å². The van der Waals surface area contributed by atoms with Gasteiger partial charge in [0.1, 0.15) is 0 Å². The molecule has 0 radical (unpaired) electrons. The number of piperidine rings is 1. The minimum atomic E-state index is -0.124. The van der Waals surface area contributed by atoms with Crippen molar-refractivity contribution < 1.29 is 4.79 Å². The first kappa shape index (κ1) is 19.3. The van der Waals surface area contributed by atoms with Crippen LogP contribution in [0.4, 0.5) is 5.69 Å². The van der Waals surface area contributed by atoms with Crippen molar-refractivity contribution in [3.63, 3.8) is 0 Å². The number of likely N-dealkylation sites (tertiary alicyclic amines) is 1. The van der Waals surface area contributed by atoms with E-state index in [9.17, 15) is 4.79 Å². The van der Waals surface area contributed by atoms with Gasteiger partial charge in [0.15, 0.2) is 0 Å². The van der Waals surface area contributed by atoms with Gasteiger partial charge in [0.25, 0.3) is 0 Å². The van der Waals surface area contributed by atoms with Crippen molar-refractivity contribution in [3.05, 3.63) is 71.8 Å². The van der Waals surface area contributed by atoms with E-state index in [1.165, 1.54) is 0 Å². The SMILES string of the molecule is Cc1cc(C)n(-c2ccc(NC(=O)C3CCCCN3Cc3ccccn3)cc2)n1. The zero-order valence-corrected chi connectivity index (χ0v) is 17.0. The van der Waals surface area contributed by atoms with Crippen LogP contribution in [0.3, 0.4) is 0 Å². The number of rotatable bonds is 5. The fourth-order valence-corrected chi connectivity index (χ4v) is 3.98. The standard InChI is InChI=1S/C23H27N5O/c1-17-15-18(2)28(26-17)21-11-9-19(10-12-21)25-23(29)22-8-4-6-14-27(22)16-20-7-3-5-13-24-20/h3,5,7,9-13,15,22H,4,6,8,14,16H2,1-2H3,(H,25,29). The first-order valence-electron chi connectivity index (χ1n) is 10.2. The molecule has 1 saturated heterocycles. The van der Waals surface area contributed by atoms with Gasteiger partial charge in [-0.05, 0) is 75.7 Å². The van der Waals surface area contributed by atoms with Crippen LogP contribution in [0.5, 0.6) is 0 Å². The van der Waals surface area contributed by atoms with Gasteiger partial charge in [-0.1, -0.05) is 12.5 Å². The molecule has 3 heterocycles. The Balaban J connectivity index is 1.44. The number of nitrogens with zero attached hydrogens (tertiary/aromatic N) is 4. The van der Waals surface area contributed by atoms with E-state index in [1.807, 2.05) is 61.0 Å². The predicted molar refractivity (Wildman–Crippen MR) is 114 cm³/mol. The molecule has 1 aliphatic heterocycles. The van der Waals surface area contributed by atoms with Gasteiger partial charge in [-0.2, -0.15) is 5.10 Å². The number of anilines is 1. The second-order valence-corrected chi connectivity index (χ2v) is 7.68. The van der Waals surface area contributed by atoms with Crippen LogP contribution < -0.4 is 5.32 Å². The van der Waals surface area contributed by atoms with E-state index in [2.05, 4.69) is 26.4 Å². The lowest BCUT2D eigenvalue weighted by molar-refractivity contribution is -0.122. The molecule has 29 heavy (non-hydrogen) atoms. The zero-order chi connectivity index (χ0) is 20.2. The largest absolute Gasteiger partial charge is 0.325 e. The van der Waals surface area contributed by atoms with Crippen LogP contribution in [0.25, 0.3) is 5.69 Å². The molecule has 1 unspecified atom stereocenters. The summed E-state index contributed by atoms with van der Waals surface area (Å²) in [5.74, 6) is 0.0551. The summed E-state index contributed by atoms with van der Waals surface area (Å²) in [6.45, 7) is 5.65. The maximum Gasteiger partial charge on any atom is 0.241 e. The van der Waals surface area contributed by atoms with Gasteiger partial charge in [-0.25, -0.2) is 4.68 Å². The average molecular weight is 390 g/mol. The molecule has 1 aliphatic rings. The number of aryl methyl sites for hydroxylation is 2. The van der Waals surface area contributed by atoms with E-state index < -0.39 is 0 Å². The van der Waals surface area contributed by atoms with Crippen LogP contribution in [-0.4, -0.2) is 38.2 Å². The zero-order valence-electron chi connectivity index (χ0n) is 17.0. The van der Waals surface area contributed by atoms with Crippen molar-refractivity contribution in [2.24, 2.45) is 0 Å². The van der Waals surface area contributed by atoms with Crippen LogP contribution in [0.2, 0.25) is 0 Å². The Bertz CT molecular complexity index is 965. The maximum atomic E-state index is 13.0. The number of amides is 1. The number of hydrogen-bond acceptors (Lipinski definition) is 4. The fourth-order valence-electron chi connectivity index (χ4n) is 3.98. The number of hydrogen-bond donors (Lipinski definition) is 1. The Morgan fingerprint density at radius 1 is 1.14 bits per heavy atom. The van der Waals surface area contributed by atoms with Crippen LogP contribution >= 0.6 is 0 Å². The molecule has 0 spiro atoms. The van der Waals surface area contributed by atoms with Gasteiger partial charge < -0.3 is 5.32 Å². The summed E-state index contributed by atoms with van der Waals surface area (Å²) in [5.41, 5.74) is 4.88. The molecule has 0 bridgehead atoms. The summed E-state index contributed by atoms with van der Waals surface area (Å²) < 4.78 is 1.91. The van der Waals surface area contributed by atoms with Gasteiger partial charge in [0, 0.05) is 24.1 Å². The molecular weight excluding hydrogens is 362 g/mol. The van der Waals surface area contributed by atoms with Gasteiger partial charge in [0.05, 0.1) is 23.1 Å². The molecule has 1 fully saturated rings. The van der Waals surface area contributed by atoms with Crippen LogP contribution in [-0.2, 0) is 11.3 Å². The summed E-state index contributed by atoms with van der Waals surface area (Å²) in [4.78, 5) is 19.6. The maximum absolute atomic E-state index is 13.0. The van der Waals surface area contributed by atoms with E-state index in [4.69, 9.17) is 0 Å². The molecule has 1 amide bonds. The molecule has 6 nitrogen and oxygen atoms in total. The summed E-state index contributed by atoms with van der Waals surface area (Å²) in [6.07, 6.45) is 4.88. The third-order valence-electron chi connectivity index (χ3n) is 5.40. The summed E-state index contributed by atoms with van der Waals surface area (Å²) >= 11 is 0. The second-order valence-electron chi connectivity index (χ2n) is 7.68. The van der Waals surface area contributed by atoms with Crippen molar-refractivity contribution in [3.8, 4) is 5.69 Å². The second kappa shape index (κ2) is 8.57. The summed E-state index contributed by atoms with van der Waals surface area (Å²) in [6, 6.07) is 15.7. The molecular formula is C23H27N5O. The minimum Gasteiger partial charge on any atom is -0.325 e. The third kappa shape index (κ3) is 4.54. The van der Waals surface area contributed by atoms with Gasteiger partial charge in [-0.15, -0.1) is 0 Å². The molecule has 2 aromatic heterocycles. The first-order chi connectivity index (χ1) is 14.1. The number of carbonyl (C=O) groups excluding carboxylic acids is 1. The number of aromatic nitrogens is 3. The Hall–Kier alpha value is -2.99. The Kier molecular flexibility index (Phi) is 5.71. The van der Waals surface area contributed by atoms with Gasteiger partial charge >= 0.3 is 0 Å². The number of pyridine rings is 1. The molecule has 6 heteroatoms. The van der Waals surface area contributed by atoms with Crippen LogP contribution in [0.1, 0.15) is 36.3 Å². The molecule has 3 aromatic rings. The van der Waals surface area contributed by atoms with E-state index in [0.29, 0.717) is 6.54 Å². The summed E-state index contributed by atoms with van der Waals surface area (Å²) in [5, 5.41) is 7.61. The highest BCUT2D eigenvalue weighted by molar-refractivity contribution is 5.95. The first-order valence-corrected chi connectivity index (χ1v) is 10.2. The van der Waals surface area contributed by atoms with Crippen molar-refractivity contribution in [1.82, 2.24) is 19.7 Å².